The highest BCUT2D eigenvalue weighted by Gasteiger charge is 2.31. The number of benzene rings is 1. The van der Waals surface area contributed by atoms with Gasteiger partial charge in [-0.3, -0.25) is 14.2 Å². The molecule has 4 rings (SSSR count). The Morgan fingerprint density at radius 3 is 2.83 bits per heavy atom. The highest BCUT2D eigenvalue weighted by atomic mass is 32.1. The number of aryl methyl sites for hydroxylation is 1. The Bertz CT molecular complexity index is 1180. The van der Waals surface area contributed by atoms with E-state index >= 15 is 0 Å². The fourth-order valence-corrected chi connectivity index (χ4v) is 4.86. The van der Waals surface area contributed by atoms with Gasteiger partial charge in [-0.05, 0) is 44.4 Å². The van der Waals surface area contributed by atoms with Crippen molar-refractivity contribution < 1.29 is 14.3 Å². The monoisotopic (exact) mass is 411 g/mol. The minimum atomic E-state index is -0.461. The number of para-hydroxylation sites is 1. The molecule has 29 heavy (non-hydrogen) atoms. The predicted octanol–water partition coefficient (Wildman–Crippen LogP) is 2.92. The number of thiophene rings is 1. The Morgan fingerprint density at radius 1 is 1.31 bits per heavy atom. The quantitative estimate of drug-likeness (QED) is 0.617. The Morgan fingerprint density at radius 2 is 2.07 bits per heavy atom. The number of esters is 1. The molecule has 3 heterocycles. The molecule has 1 amide bonds. The Balaban J connectivity index is 1.68. The second-order valence-corrected chi connectivity index (χ2v) is 8.08. The van der Waals surface area contributed by atoms with Crippen molar-refractivity contribution in [2.24, 2.45) is 0 Å². The van der Waals surface area contributed by atoms with Gasteiger partial charge in [-0.25, -0.2) is 9.78 Å². The molecular formula is C21H21N3O4S. The summed E-state index contributed by atoms with van der Waals surface area (Å²) in [6.45, 7) is 5.59. The van der Waals surface area contributed by atoms with Crippen molar-refractivity contribution in [3.05, 3.63) is 57.0 Å². The summed E-state index contributed by atoms with van der Waals surface area (Å²) in [5, 5.41) is 0.364. The average Bonchev–Trinajstić information content (AvgIpc) is 3.21. The van der Waals surface area contributed by atoms with Crippen molar-refractivity contribution in [1.82, 2.24) is 9.55 Å². The van der Waals surface area contributed by atoms with Crippen LogP contribution in [0.15, 0.2) is 35.4 Å². The van der Waals surface area contributed by atoms with E-state index in [9.17, 15) is 14.4 Å². The highest BCUT2D eigenvalue weighted by molar-refractivity contribution is 7.20. The molecule has 0 fully saturated rings. The molecule has 8 heteroatoms. The first-order valence-corrected chi connectivity index (χ1v) is 10.3. The van der Waals surface area contributed by atoms with Crippen LogP contribution in [0.5, 0.6) is 0 Å². The maximum atomic E-state index is 13.0. The predicted molar refractivity (Wildman–Crippen MR) is 112 cm³/mol. The van der Waals surface area contributed by atoms with Crippen molar-refractivity contribution >= 4 is 39.1 Å². The van der Waals surface area contributed by atoms with Gasteiger partial charge in [-0.1, -0.05) is 18.2 Å². The lowest BCUT2D eigenvalue weighted by molar-refractivity contribution is -0.119. The van der Waals surface area contributed by atoms with Crippen molar-refractivity contribution in [3.63, 3.8) is 0 Å². The third-order valence-corrected chi connectivity index (χ3v) is 6.34. The summed E-state index contributed by atoms with van der Waals surface area (Å²) in [6.07, 6.45) is 2.17. The molecule has 2 aromatic heterocycles. The standard InChI is InChI=1S/C21H21N3O4S/c1-4-28-21(27)18-13(3)17-19(29-18)22-11-23(20(17)26)10-16(25)24-12(2)9-14-7-5-6-8-15(14)24/h5-8,11-12H,4,9-10H2,1-3H3/t12-/m0/s1. The molecule has 0 unspecified atom stereocenters. The van der Waals surface area contributed by atoms with Gasteiger partial charge in [0.2, 0.25) is 5.91 Å². The number of fused-ring (bicyclic) bond motifs is 2. The number of ether oxygens (including phenoxy) is 1. The first-order valence-electron chi connectivity index (χ1n) is 9.48. The highest BCUT2D eigenvalue weighted by Crippen LogP contribution is 2.32. The summed E-state index contributed by atoms with van der Waals surface area (Å²) >= 11 is 1.14. The molecule has 0 saturated carbocycles. The number of amides is 1. The van der Waals surface area contributed by atoms with Crippen LogP contribution in [-0.4, -0.2) is 34.1 Å². The van der Waals surface area contributed by atoms with Crippen molar-refractivity contribution in [3.8, 4) is 0 Å². The number of carbonyl (C=O) groups is 2. The van der Waals surface area contributed by atoms with Crippen molar-refractivity contribution in [2.45, 2.75) is 39.8 Å². The molecule has 1 atom stereocenters. The molecule has 0 spiro atoms. The number of carbonyl (C=O) groups excluding carboxylic acids is 2. The van der Waals surface area contributed by atoms with Crippen LogP contribution >= 0.6 is 11.3 Å². The molecule has 0 bridgehead atoms. The van der Waals surface area contributed by atoms with E-state index in [1.165, 1.54) is 10.9 Å². The van der Waals surface area contributed by atoms with Crippen LogP contribution in [0.25, 0.3) is 10.2 Å². The molecule has 150 valence electrons. The zero-order chi connectivity index (χ0) is 20.7. The fourth-order valence-electron chi connectivity index (χ4n) is 3.83. The molecule has 1 aliphatic heterocycles. The molecule has 1 aliphatic rings. The van der Waals surface area contributed by atoms with E-state index in [1.54, 1.807) is 18.7 Å². The average molecular weight is 411 g/mol. The summed E-state index contributed by atoms with van der Waals surface area (Å²) in [5.41, 5.74) is 2.24. The molecule has 0 aliphatic carbocycles. The van der Waals surface area contributed by atoms with E-state index in [-0.39, 0.29) is 30.7 Å². The zero-order valence-electron chi connectivity index (χ0n) is 16.5. The first kappa shape index (κ1) is 19.3. The van der Waals surface area contributed by atoms with Gasteiger partial charge in [-0.15, -0.1) is 11.3 Å². The summed E-state index contributed by atoms with van der Waals surface area (Å²) in [6, 6.07) is 7.84. The van der Waals surface area contributed by atoms with Crippen LogP contribution < -0.4 is 10.5 Å². The lowest BCUT2D eigenvalue weighted by Crippen LogP contribution is -2.40. The first-order chi connectivity index (χ1) is 13.9. The molecule has 1 aromatic carbocycles. The Labute approximate surface area is 171 Å². The number of hydrogen-bond donors (Lipinski definition) is 0. The van der Waals surface area contributed by atoms with Gasteiger partial charge >= 0.3 is 5.97 Å². The van der Waals surface area contributed by atoms with Crippen LogP contribution in [-0.2, 0) is 22.5 Å². The molecule has 0 saturated heterocycles. The van der Waals surface area contributed by atoms with Gasteiger partial charge in [-0.2, -0.15) is 0 Å². The third kappa shape index (κ3) is 3.23. The largest absolute Gasteiger partial charge is 0.462 e. The van der Waals surface area contributed by atoms with Gasteiger partial charge in [0.1, 0.15) is 16.3 Å². The van der Waals surface area contributed by atoms with Gasteiger partial charge < -0.3 is 9.64 Å². The number of aromatic nitrogens is 2. The van der Waals surface area contributed by atoms with Crippen LogP contribution in [0.2, 0.25) is 0 Å². The van der Waals surface area contributed by atoms with Gasteiger partial charge in [0.15, 0.2) is 0 Å². The molecular weight excluding hydrogens is 390 g/mol. The van der Waals surface area contributed by atoms with Crippen LogP contribution in [0.4, 0.5) is 5.69 Å². The van der Waals surface area contributed by atoms with Crippen molar-refractivity contribution in [1.29, 1.82) is 0 Å². The minimum absolute atomic E-state index is 0.0330. The summed E-state index contributed by atoms with van der Waals surface area (Å²) < 4.78 is 6.37. The maximum Gasteiger partial charge on any atom is 0.348 e. The molecule has 3 aromatic rings. The Hall–Kier alpha value is -3.00. The topological polar surface area (TPSA) is 81.5 Å². The lowest BCUT2D eigenvalue weighted by atomic mass is 10.1. The van der Waals surface area contributed by atoms with Gasteiger partial charge in [0, 0.05) is 11.7 Å². The number of hydrogen-bond acceptors (Lipinski definition) is 6. The second-order valence-electron chi connectivity index (χ2n) is 7.08. The van der Waals surface area contributed by atoms with E-state index in [1.807, 2.05) is 31.2 Å². The third-order valence-electron chi connectivity index (χ3n) is 5.16. The number of nitrogens with zero attached hydrogens (tertiary/aromatic N) is 3. The van der Waals surface area contributed by atoms with Crippen molar-refractivity contribution in [2.75, 3.05) is 11.5 Å². The lowest BCUT2D eigenvalue weighted by Gasteiger charge is -2.23. The summed E-state index contributed by atoms with van der Waals surface area (Å²) in [7, 11) is 0. The van der Waals surface area contributed by atoms with E-state index in [4.69, 9.17) is 4.74 Å². The van der Waals surface area contributed by atoms with Crippen LogP contribution in [0.1, 0.15) is 34.6 Å². The molecule has 0 radical (unpaired) electrons. The minimum Gasteiger partial charge on any atom is -0.462 e. The van der Waals surface area contributed by atoms with Crippen LogP contribution in [0.3, 0.4) is 0 Å². The van der Waals surface area contributed by atoms with Gasteiger partial charge in [0.05, 0.1) is 18.3 Å². The molecule has 0 N–H and O–H groups in total. The summed E-state index contributed by atoms with van der Waals surface area (Å²) in [4.78, 5) is 45.1. The smallest absolute Gasteiger partial charge is 0.348 e. The maximum absolute atomic E-state index is 13.0. The van der Waals surface area contributed by atoms with Crippen LogP contribution in [0, 0.1) is 6.92 Å². The zero-order valence-corrected chi connectivity index (χ0v) is 17.3. The van der Waals surface area contributed by atoms with E-state index in [0.717, 1.165) is 29.0 Å². The normalized spacial score (nSPS) is 15.6. The Kier molecular flexibility index (Phi) is 4.96. The van der Waals surface area contributed by atoms with E-state index < -0.39 is 5.97 Å². The second kappa shape index (κ2) is 7.44. The fraction of sp³-hybridized carbons (Fsp3) is 0.333. The molecule has 7 nitrogen and oxygen atoms in total. The number of anilines is 1. The number of rotatable bonds is 4. The van der Waals surface area contributed by atoms with E-state index in [0.29, 0.717) is 20.7 Å². The van der Waals surface area contributed by atoms with E-state index in [2.05, 4.69) is 4.98 Å². The SMILES string of the molecule is CCOC(=O)c1sc2ncn(CC(=O)N3c4ccccc4C[C@@H]3C)c(=O)c2c1C. The van der Waals surface area contributed by atoms with Gasteiger partial charge in [0.25, 0.3) is 5.56 Å². The summed E-state index contributed by atoms with van der Waals surface area (Å²) in [5.74, 6) is -0.623.